The lowest BCUT2D eigenvalue weighted by molar-refractivity contribution is 0.0871. The second-order valence-electron chi connectivity index (χ2n) is 3.18. The van der Waals surface area contributed by atoms with E-state index in [0.717, 1.165) is 0 Å². The molecule has 0 aliphatic carbocycles. The summed E-state index contributed by atoms with van der Waals surface area (Å²) in [5.41, 5.74) is 0.681. The summed E-state index contributed by atoms with van der Waals surface area (Å²) in [6, 6.07) is 4.25. The van der Waals surface area contributed by atoms with Crippen LogP contribution in [0, 0.1) is 5.82 Å². The number of methoxy groups -OCH3 is 2. The van der Waals surface area contributed by atoms with Gasteiger partial charge in [-0.15, -0.1) is 0 Å². The molecule has 0 saturated heterocycles. The standard InChI is InChI=1S/C11H14FNO3/c1-15-6-9-4-3-8(5-10(9)12)11(14)13-7-16-2/h3-5H,6-7H2,1-2H3,(H,13,14). The molecule has 0 fully saturated rings. The molecule has 1 amide bonds. The van der Waals surface area contributed by atoms with Crippen molar-refractivity contribution in [1.29, 1.82) is 0 Å². The molecule has 0 bridgehead atoms. The topological polar surface area (TPSA) is 47.6 Å². The zero-order valence-electron chi connectivity index (χ0n) is 9.25. The van der Waals surface area contributed by atoms with Crippen molar-refractivity contribution < 1.29 is 18.7 Å². The first-order valence-electron chi connectivity index (χ1n) is 4.73. The Labute approximate surface area is 93.4 Å². The van der Waals surface area contributed by atoms with Gasteiger partial charge in [0.15, 0.2) is 0 Å². The van der Waals surface area contributed by atoms with Gasteiger partial charge in [0.2, 0.25) is 0 Å². The van der Waals surface area contributed by atoms with E-state index in [1.54, 1.807) is 6.07 Å². The zero-order chi connectivity index (χ0) is 12.0. The molecule has 0 aliphatic heterocycles. The minimum atomic E-state index is -0.452. The first-order chi connectivity index (χ1) is 7.69. The van der Waals surface area contributed by atoms with Crippen molar-refractivity contribution in [3.8, 4) is 0 Å². The highest BCUT2D eigenvalue weighted by Gasteiger charge is 2.08. The first-order valence-corrected chi connectivity index (χ1v) is 4.73. The molecule has 0 spiro atoms. The predicted molar refractivity (Wildman–Crippen MR) is 56.5 cm³/mol. The van der Waals surface area contributed by atoms with E-state index in [-0.39, 0.29) is 24.8 Å². The van der Waals surface area contributed by atoms with Crippen LogP contribution in [0.25, 0.3) is 0 Å². The molecule has 0 unspecified atom stereocenters. The van der Waals surface area contributed by atoms with Gasteiger partial charge in [-0.3, -0.25) is 4.79 Å². The van der Waals surface area contributed by atoms with Gasteiger partial charge in [-0.1, -0.05) is 6.07 Å². The Morgan fingerprint density at radius 1 is 1.38 bits per heavy atom. The summed E-state index contributed by atoms with van der Waals surface area (Å²) in [5.74, 6) is -0.823. The summed E-state index contributed by atoms with van der Waals surface area (Å²) in [6.07, 6.45) is 0. The third-order valence-corrected chi connectivity index (χ3v) is 1.99. The van der Waals surface area contributed by atoms with E-state index in [2.05, 4.69) is 10.1 Å². The van der Waals surface area contributed by atoms with Gasteiger partial charge < -0.3 is 14.8 Å². The molecular formula is C11H14FNO3. The van der Waals surface area contributed by atoms with Crippen molar-refractivity contribution in [3.05, 3.63) is 35.1 Å². The zero-order valence-corrected chi connectivity index (χ0v) is 9.25. The van der Waals surface area contributed by atoms with Crippen LogP contribution in [0.2, 0.25) is 0 Å². The minimum absolute atomic E-state index is 0.0975. The van der Waals surface area contributed by atoms with Crippen molar-refractivity contribution in [2.24, 2.45) is 0 Å². The van der Waals surface area contributed by atoms with Crippen LogP contribution in [-0.2, 0) is 16.1 Å². The lowest BCUT2D eigenvalue weighted by Gasteiger charge is -2.06. The molecular weight excluding hydrogens is 213 g/mol. The Morgan fingerprint density at radius 3 is 2.69 bits per heavy atom. The van der Waals surface area contributed by atoms with Crippen molar-refractivity contribution in [2.45, 2.75) is 6.61 Å². The molecule has 88 valence electrons. The van der Waals surface area contributed by atoms with Gasteiger partial charge in [0.1, 0.15) is 12.5 Å². The molecule has 0 aliphatic rings. The average Bonchev–Trinajstić information content (AvgIpc) is 2.29. The first kappa shape index (κ1) is 12.6. The third kappa shape index (κ3) is 3.29. The average molecular weight is 227 g/mol. The number of halogens is 1. The maximum Gasteiger partial charge on any atom is 0.253 e. The van der Waals surface area contributed by atoms with E-state index < -0.39 is 5.82 Å². The molecule has 0 aromatic heterocycles. The number of hydrogen-bond donors (Lipinski definition) is 1. The monoisotopic (exact) mass is 227 g/mol. The van der Waals surface area contributed by atoms with Gasteiger partial charge in [0, 0.05) is 25.3 Å². The largest absolute Gasteiger partial charge is 0.380 e. The fraction of sp³-hybridized carbons (Fsp3) is 0.364. The van der Waals surface area contributed by atoms with E-state index in [9.17, 15) is 9.18 Å². The van der Waals surface area contributed by atoms with E-state index in [4.69, 9.17) is 4.74 Å². The third-order valence-electron chi connectivity index (χ3n) is 1.99. The van der Waals surface area contributed by atoms with Crippen molar-refractivity contribution in [2.75, 3.05) is 21.0 Å². The number of amides is 1. The Balaban J connectivity index is 2.76. The smallest absolute Gasteiger partial charge is 0.253 e. The maximum absolute atomic E-state index is 13.4. The molecule has 1 rings (SSSR count). The molecule has 0 radical (unpaired) electrons. The quantitative estimate of drug-likeness (QED) is 0.771. The van der Waals surface area contributed by atoms with Gasteiger partial charge in [0.25, 0.3) is 5.91 Å². The van der Waals surface area contributed by atoms with Crippen LogP contribution in [0.5, 0.6) is 0 Å². The Morgan fingerprint density at radius 2 is 2.12 bits per heavy atom. The van der Waals surface area contributed by atoms with Crippen LogP contribution in [0.1, 0.15) is 15.9 Å². The molecule has 0 saturated carbocycles. The van der Waals surface area contributed by atoms with Crippen molar-refractivity contribution in [3.63, 3.8) is 0 Å². The lowest BCUT2D eigenvalue weighted by atomic mass is 10.1. The maximum atomic E-state index is 13.4. The highest BCUT2D eigenvalue weighted by atomic mass is 19.1. The minimum Gasteiger partial charge on any atom is -0.380 e. The van der Waals surface area contributed by atoms with Crippen LogP contribution in [0.15, 0.2) is 18.2 Å². The summed E-state index contributed by atoms with van der Waals surface area (Å²) in [6.45, 7) is 0.284. The molecule has 1 aromatic carbocycles. The summed E-state index contributed by atoms with van der Waals surface area (Å²) in [4.78, 5) is 11.4. The van der Waals surface area contributed by atoms with E-state index in [1.165, 1.54) is 26.4 Å². The Kier molecular flexibility index (Phi) is 4.88. The highest BCUT2D eigenvalue weighted by Crippen LogP contribution is 2.11. The molecule has 4 nitrogen and oxygen atoms in total. The number of nitrogens with one attached hydrogen (secondary N) is 1. The van der Waals surface area contributed by atoms with Gasteiger partial charge >= 0.3 is 0 Å². The summed E-state index contributed by atoms with van der Waals surface area (Å²) in [5, 5.41) is 2.47. The number of carbonyl (C=O) groups excluding carboxylic acids is 1. The fourth-order valence-corrected chi connectivity index (χ4v) is 1.20. The lowest BCUT2D eigenvalue weighted by Crippen LogP contribution is -2.25. The molecule has 5 heteroatoms. The molecule has 0 heterocycles. The van der Waals surface area contributed by atoms with Crippen LogP contribution in [0.3, 0.4) is 0 Å². The second-order valence-corrected chi connectivity index (χ2v) is 3.18. The van der Waals surface area contributed by atoms with Crippen molar-refractivity contribution in [1.82, 2.24) is 5.32 Å². The van der Waals surface area contributed by atoms with Crippen LogP contribution in [0.4, 0.5) is 4.39 Å². The van der Waals surface area contributed by atoms with Crippen LogP contribution < -0.4 is 5.32 Å². The second kappa shape index (κ2) is 6.19. The van der Waals surface area contributed by atoms with Crippen LogP contribution >= 0.6 is 0 Å². The predicted octanol–water partition coefficient (Wildman–Crippen LogP) is 1.31. The Hall–Kier alpha value is -1.46. The summed E-state index contributed by atoms with van der Waals surface area (Å²) in [7, 11) is 2.95. The number of hydrogen-bond acceptors (Lipinski definition) is 3. The van der Waals surface area contributed by atoms with Gasteiger partial charge in [-0.05, 0) is 12.1 Å². The highest BCUT2D eigenvalue weighted by molar-refractivity contribution is 5.94. The number of benzene rings is 1. The van der Waals surface area contributed by atoms with Crippen LogP contribution in [-0.4, -0.2) is 26.9 Å². The molecule has 1 aromatic rings. The fourth-order valence-electron chi connectivity index (χ4n) is 1.20. The normalized spacial score (nSPS) is 10.2. The molecule has 0 atom stereocenters. The number of ether oxygens (including phenoxy) is 2. The van der Waals surface area contributed by atoms with E-state index in [0.29, 0.717) is 5.56 Å². The molecule has 1 N–H and O–H groups in total. The summed E-state index contributed by atoms with van der Waals surface area (Å²) < 4.78 is 22.9. The van der Waals surface area contributed by atoms with Gasteiger partial charge in [-0.2, -0.15) is 0 Å². The summed E-state index contributed by atoms with van der Waals surface area (Å²) >= 11 is 0. The number of carbonyl (C=O) groups is 1. The van der Waals surface area contributed by atoms with E-state index in [1.807, 2.05) is 0 Å². The van der Waals surface area contributed by atoms with Gasteiger partial charge in [-0.25, -0.2) is 4.39 Å². The van der Waals surface area contributed by atoms with Gasteiger partial charge in [0.05, 0.1) is 6.61 Å². The number of rotatable bonds is 5. The Bertz CT molecular complexity index is 368. The van der Waals surface area contributed by atoms with E-state index >= 15 is 0 Å². The molecule has 16 heavy (non-hydrogen) atoms. The SMILES string of the molecule is COCNC(=O)c1ccc(COC)c(F)c1. The van der Waals surface area contributed by atoms with Crippen molar-refractivity contribution >= 4 is 5.91 Å².